The van der Waals surface area contributed by atoms with Gasteiger partial charge in [-0.1, -0.05) is 43.3 Å². The van der Waals surface area contributed by atoms with Crippen LogP contribution >= 0.6 is 19.4 Å². The van der Waals surface area contributed by atoms with Gasteiger partial charge in [-0.05, 0) is 52.8 Å². The molecule has 1 aromatic heterocycles. The van der Waals surface area contributed by atoms with Gasteiger partial charge in [0.25, 0.3) is 0 Å². The van der Waals surface area contributed by atoms with E-state index >= 15 is 0 Å². The van der Waals surface area contributed by atoms with E-state index < -0.39 is 8.03 Å². The molecule has 0 fully saturated rings. The number of anilines is 2. The number of carbonyl (C=O) groups is 1. The smallest absolute Gasteiger partial charge is 0.248 e. The first-order chi connectivity index (χ1) is 14.0. The van der Waals surface area contributed by atoms with Crippen molar-refractivity contribution >= 4 is 42.7 Å². The summed E-state index contributed by atoms with van der Waals surface area (Å²) in [5.41, 5.74) is 9.27. The van der Waals surface area contributed by atoms with Crippen LogP contribution in [0.1, 0.15) is 30.1 Å². The summed E-state index contributed by atoms with van der Waals surface area (Å²) in [6.07, 6.45) is 3.70. The number of nitrogen functional groups attached to an aromatic ring is 1. The maximum atomic E-state index is 12.4. The fourth-order valence-electron chi connectivity index (χ4n) is 3.04. The van der Waals surface area contributed by atoms with Crippen LogP contribution in [0.15, 0.2) is 66.1 Å². The van der Waals surface area contributed by atoms with Crippen LogP contribution < -0.4 is 11.1 Å². The molecule has 0 aliphatic heterocycles. The van der Waals surface area contributed by atoms with Gasteiger partial charge >= 0.3 is 0 Å². The predicted octanol–water partition coefficient (Wildman–Crippen LogP) is 5.57. The van der Waals surface area contributed by atoms with Crippen molar-refractivity contribution in [2.75, 3.05) is 11.1 Å². The molecule has 0 saturated heterocycles. The minimum absolute atomic E-state index is 0.298. The van der Waals surface area contributed by atoms with Gasteiger partial charge in [-0.25, -0.2) is 0 Å². The topological polar surface area (TPSA) is 92.4 Å². The summed E-state index contributed by atoms with van der Waals surface area (Å²) in [7, 11) is -2.66. The summed E-state index contributed by atoms with van der Waals surface area (Å²) in [4.78, 5) is 23.0. The molecule has 0 radical (unpaired) electrons. The molecule has 29 heavy (non-hydrogen) atoms. The third-order valence-electron chi connectivity index (χ3n) is 4.56. The summed E-state index contributed by atoms with van der Waals surface area (Å²) in [5, 5.41) is 4.82. The molecule has 2 atom stereocenters. The Hall–Kier alpha value is -2.66. The first-order valence-corrected chi connectivity index (χ1v) is 11.5. The molecule has 3 aromatic rings. The van der Waals surface area contributed by atoms with Gasteiger partial charge in [-0.15, -0.1) is 11.3 Å². The molecule has 1 amide bonds. The molecule has 7 heteroatoms. The van der Waals surface area contributed by atoms with Gasteiger partial charge in [0.1, 0.15) is 0 Å². The molecule has 0 bridgehead atoms. The summed E-state index contributed by atoms with van der Waals surface area (Å²) >= 11 is 1.62. The van der Waals surface area contributed by atoms with Crippen LogP contribution in [0.25, 0.3) is 16.5 Å². The first kappa shape index (κ1) is 21.1. The quantitative estimate of drug-likeness (QED) is 0.262. The SMILES string of the molecule is CCC(c1cccc(/C=C/C(=O)Nc2cc(-c3cccs3)ccc2N)c1)[PH](=O)O. The largest absolute Gasteiger partial charge is 0.397 e. The molecule has 1 heterocycles. The molecule has 3 rings (SSSR count). The average Bonchev–Trinajstić information content (AvgIpc) is 3.23. The molecular formula is C22H23N2O3PS. The van der Waals surface area contributed by atoms with Crippen molar-refractivity contribution < 1.29 is 14.3 Å². The zero-order chi connectivity index (χ0) is 20.8. The van der Waals surface area contributed by atoms with Crippen LogP contribution in [0.3, 0.4) is 0 Å². The first-order valence-electron chi connectivity index (χ1n) is 9.23. The number of thiophene rings is 1. The number of benzene rings is 2. The van der Waals surface area contributed by atoms with E-state index in [0.717, 1.165) is 21.6 Å². The fraction of sp³-hybridized carbons (Fsp3) is 0.136. The van der Waals surface area contributed by atoms with Crippen LogP contribution in [-0.4, -0.2) is 10.8 Å². The lowest BCUT2D eigenvalue weighted by Gasteiger charge is -2.12. The zero-order valence-corrected chi connectivity index (χ0v) is 17.8. The minimum Gasteiger partial charge on any atom is -0.397 e. The predicted molar refractivity (Wildman–Crippen MR) is 123 cm³/mol. The van der Waals surface area contributed by atoms with Crippen molar-refractivity contribution in [3.8, 4) is 10.4 Å². The van der Waals surface area contributed by atoms with Crippen molar-refractivity contribution in [3.05, 3.63) is 77.2 Å². The van der Waals surface area contributed by atoms with E-state index in [1.54, 1.807) is 23.5 Å². The Labute approximate surface area is 174 Å². The van der Waals surface area contributed by atoms with E-state index in [-0.39, 0.29) is 11.6 Å². The van der Waals surface area contributed by atoms with Crippen molar-refractivity contribution in [2.24, 2.45) is 0 Å². The van der Waals surface area contributed by atoms with Crippen LogP contribution in [0, 0.1) is 0 Å². The van der Waals surface area contributed by atoms with Gasteiger partial charge in [-0.3, -0.25) is 9.36 Å². The van der Waals surface area contributed by atoms with Crippen molar-refractivity contribution in [2.45, 2.75) is 19.0 Å². The van der Waals surface area contributed by atoms with Gasteiger partial charge in [0, 0.05) is 11.0 Å². The Bertz CT molecular complexity index is 1050. The molecule has 0 aliphatic rings. The van der Waals surface area contributed by atoms with Gasteiger partial charge in [0.15, 0.2) is 8.03 Å². The number of rotatable bonds is 7. The third-order valence-corrected chi connectivity index (χ3v) is 6.82. The van der Waals surface area contributed by atoms with Crippen LogP contribution in [0.2, 0.25) is 0 Å². The van der Waals surface area contributed by atoms with Crippen molar-refractivity contribution in [3.63, 3.8) is 0 Å². The second-order valence-electron chi connectivity index (χ2n) is 6.57. The summed E-state index contributed by atoms with van der Waals surface area (Å²) < 4.78 is 11.5. The van der Waals surface area contributed by atoms with Crippen molar-refractivity contribution in [1.29, 1.82) is 0 Å². The molecule has 0 saturated carbocycles. The molecular weight excluding hydrogens is 403 g/mol. The molecule has 2 aromatic carbocycles. The molecule has 4 N–H and O–H groups in total. The second-order valence-corrected chi connectivity index (χ2v) is 8.89. The molecule has 0 spiro atoms. The van der Waals surface area contributed by atoms with E-state index in [9.17, 15) is 14.3 Å². The van der Waals surface area contributed by atoms with Gasteiger partial charge in [0.05, 0.1) is 17.0 Å². The highest BCUT2D eigenvalue weighted by molar-refractivity contribution is 7.38. The molecule has 150 valence electrons. The second kappa shape index (κ2) is 9.70. The monoisotopic (exact) mass is 426 g/mol. The Morgan fingerprint density at radius 1 is 1.24 bits per heavy atom. The van der Waals surface area contributed by atoms with E-state index in [0.29, 0.717) is 17.8 Å². The number of hydrogen-bond acceptors (Lipinski definition) is 4. The fourth-order valence-corrected chi connectivity index (χ4v) is 4.58. The Morgan fingerprint density at radius 3 is 2.76 bits per heavy atom. The Balaban J connectivity index is 1.74. The van der Waals surface area contributed by atoms with E-state index in [2.05, 4.69) is 5.32 Å². The van der Waals surface area contributed by atoms with Gasteiger partial charge < -0.3 is 15.9 Å². The zero-order valence-electron chi connectivity index (χ0n) is 16.0. The highest BCUT2D eigenvalue weighted by Crippen LogP contribution is 2.40. The molecule has 2 unspecified atom stereocenters. The lowest BCUT2D eigenvalue weighted by molar-refractivity contribution is -0.111. The Morgan fingerprint density at radius 2 is 2.07 bits per heavy atom. The van der Waals surface area contributed by atoms with E-state index in [4.69, 9.17) is 5.73 Å². The lowest BCUT2D eigenvalue weighted by atomic mass is 10.1. The maximum Gasteiger partial charge on any atom is 0.248 e. The van der Waals surface area contributed by atoms with E-state index in [1.807, 2.05) is 60.8 Å². The van der Waals surface area contributed by atoms with Crippen LogP contribution in [0.5, 0.6) is 0 Å². The standard InChI is InChI=1S/C22H23N2O3PS/c1-2-20(28(26)27)16-6-3-5-15(13-16)8-11-22(25)24-19-14-17(9-10-18(19)23)21-7-4-12-29-21/h3-14,20,28H,2,23H2,1H3,(H,24,25)(H,26,27)/b11-8+. The maximum absolute atomic E-state index is 12.4. The number of carbonyl (C=O) groups excluding carboxylic acids is 1. The van der Waals surface area contributed by atoms with Gasteiger partial charge in [0.2, 0.25) is 5.91 Å². The van der Waals surface area contributed by atoms with Crippen molar-refractivity contribution in [1.82, 2.24) is 0 Å². The Kier molecular flexibility index (Phi) is 7.04. The summed E-state index contributed by atoms with van der Waals surface area (Å²) in [5.74, 6) is -0.298. The number of nitrogens with two attached hydrogens (primary N) is 1. The lowest BCUT2D eigenvalue weighted by Crippen LogP contribution is -2.09. The highest BCUT2D eigenvalue weighted by Gasteiger charge is 2.14. The number of hydrogen-bond donors (Lipinski definition) is 3. The van der Waals surface area contributed by atoms with Gasteiger partial charge in [-0.2, -0.15) is 0 Å². The number of amides is 1. The van der Waals surface area contributed by atoms with Crippen LogP contribution in [0.4, 0.5) is 11.4 Å². The normalized spacial score (nSPS) is 13.3. The highest BCUT2D eigenvalue weighted by atomic mass is 32.1. The minimum atomic E-state index is -2.66. The third kappa shape index (κ3) is 5.45. The van der Waals surface area contributed by atoms with E-state index in [1.165, 1.54) is 6.08 Å². The molecule has 0 aliphatic carbocycles. The molecule has 5 nitrogen and oxygen atoms in total. The number of nitrogens with one attached hydrogen (secondary N) is 1. The summed E-state index contributed by atoms with van der Waals surface area (Å²) in [6, 6.07) is 16.9. The summed E-state index contributed by atoms with van der Waals surface area (Å²) in [6.45, 7) is 1.88. The van der Waals surface area contributed by atoms with Crippen LogP contribution in [-0.2, 0) is 9.36 Å². The average molecular weight is 426 g/mol.